The van der Waals surface area contributed by atoms with Crippen molar-refractivity contribution in [2.75, 3.05) is 7.11 Å². The third-order valence-electron chi connectivity index (χ3n) is 3.77. The summed E-state index contributed by atoms with van der Waals surface area (Å²) in [7, 11) is 1.57. The normalized spacial score (nSPS) is 20.5. The molecule has 3 nitrogen and oxygen atoms in total. The molecule has 0 aromatic heterocycles. The van der Waals surface area contributed by atoms with Gasteiger partial charge in [-0.05, 0) is 39.5 Å². The Balaban J connectivity index is 2.43. The largest absolute Gasteiger partial charge is 0.369 e. The molecule has 3 heteroatoms. The maximum absolute atomic E-state index is 11.9. The Bertz CT molecular complexity index is 232. The van der Waals surface area contributed by atoms with Crippen molar-refractivity contribution in [3.63, 3.8) is 0 Å². The van der Waals surface area contributed by atoms with Crippen molar-refractivity contribution in [3.8, 4) is 0 Å². The van der Waals surface area contributed by atoms with Crippen molar-refractivity contribution in [1.29, 1.82) is 0 Å². The van der Waals surface area contributed by atoms with Crippen LogP contribution in [0, 0.1) is 5.92 Å². The first-order valence-corrected chi connectivity index (χ1v) is 6.33. The molecule has 94 valence electrons. The van der Waals surface area contributed by atoms with E-state index in [4.69, 9.17) is 4.74 Å². The smallest absolute Gasteiger partial charge is 0.251 e. The highest BCUT2D eigenvalue weighted by Crippen LogP contribution is 2.26. The first-order chi connectivity index (χ1) is 7.47. The average Bonchev–Trinajstić information content (AvgIpc) is 2.30. The molecule has 1 saturated carbocycles. The van der Waals surface area contributed by atoms with E-state index in [2.05, 4.69) is 12.2 Å². The third kappa shape index (κ3) is 3.48. The van der Waals surface area contributed by atoms with Crippen molar-refractivity contribution in [3.05, 3.63) is 0 Å². The van der Waals surface area contributed by atoms with Crippen LogP contribution in [0.3, 0.4) is 0 Å². The Morgan fingerprint density at radius 1 is 1.31 bits per heavy atom. The zero-order chi connectivity index (χ0) is 12.2. The Labute approximate surface area is 98.9 Å². The maximum atomic E-state index is 11.9. The molecular formula is C13H25NO2. The number of methoxy groups -OCH3 is 1. The fourth-order valence-corrected chi connectivity index (χ4v) is 2.23. The van der Waals surface area contributed by atoms with Gasteiger partial charge in [0.05, 0.1) is 0 Å². The monoisotopic (exact) mass is 227 g/mol. The van der Waals surface area contributed by atoms with Gasteiger partial charge in [-0.2, -0.15) is 0 Å². The van der Waals surface area contributed by atoms with E-state index in [1.807, 2.05) is 0 Å². The number of nitrogens with one attached hydrogen (secondary N) is 1. The minimum atomic E-state index is -0.719. The lowest BCUT2D eigenvalue weighted by Gasteiger charge is -2.31. The van der Waals surface area contributed by atoms with Crippen LogP contribution in [0.15, 0.2) is 0 Å². The van der Waals surface area contributed by atoms with Crippen LogP contribution in [-0.4, -0.2) is 24.7 Å². The molecule has 0 saturated heterocycles. The van der Waals surface area contributed by atoms with Crippen molar-refractivity contribution in [2.24, 2.45) is 5.92 Å². The summed E-state index contributed by atoms with van der Waals surface area (Å²) in [5.74, 6) is 0.637. The van der Waals surface area contributed by atoms with E-state index in [1.54, 1.807) is 21.0 Å². The molecule has 0 aromatic rings. The molecule has 1 aliphatic carbocycles. The molecule has 0 heterocycles. The second-order valence-electron chi connectivity index (χ2n) is 5.37. The number of carbonyl (C=O) groups excluding carboxylic acids is 1. The van der Waals surface area contributed by atoms with Gasteiger partial charge in [0.2, 0.25) is 0 Å². The molecular weight excluding hydrogens is 202 g/mol. The van der Waals surface area contributed by atoms with Crippen LogP contribution in [0.2, 0.25) is 0 Å². The Hall–Kier alpha value is -0.570. The summed E-state index contributed by atoms with van der Waals surface area (Å²) in [6, 6.07) is 0.266. The number of carbonyl (C=O) groups is 1. The number of ether oxygens (including phenoxy) is 1. The summed E-state index contributed by atoms with van der Waals surface area (Å²) >= 11 is 0. The van der Waals surface area contributed by atoms with E-state index in [0.29, 0.717) is 5.92 Å². The summed E-state index contributed by atoms with van der Waals surface area (Å²) < 4.78 is 5.18. The van der Waals surface area contributed by atoms with Crippen LogP contribution >= 0.6 is 0 Å². The van der Waals surface area contributed by atoms with Gasteiger partial charge in [-0.1, -0.05) is 19.3 Å². The topological polar surface area (TPSA) is 38.3 Å². The Morgan fingerprint density at radius 2 is 1.88 bits per heavy atom. The van der Waals surface area contributed by atoms with Crippen molar-refractivity contribution in [2.45, 2.75) is 64.5 Å². The van der Waals surface area contributed by atoms with Gasteiger partial charge in [0.1, 0.15) is 5.60 Å². The second-order valence-corrected chi connectivity index (χ2v) is 5.37. The third-order valence-corrected chi connectivity index (χ3v) is 3.77. The van der Waals surface area contributed by atoms with E-state index in [1.165, 1.54) is 32.1 Å². The van der Waals surface area contributed by atoms with E-state index in [0.717, 1.165) is 0 Å². The zero-order valence-corrected chi connectivity index (χ0v) is 11.0. The molecule has 1 amide bonds. The van der Waals surface area contributed by atoms with Gasteiger partial charge in [-0.15, -0.1) is 0 Å². The summed E-state index contributed by atoms with van der Waals surface area (Å²) in [5, 5.41) is 3.08. The van der Waals surface area contributed by atoms with E-state index in [-0.39, 0.29) is 11.9 Å². The van der Waals surface area contributed by atoms with E-state index in [9.17, 15) is 4.79 Å². The van der Waals surface area contributed by atoms with Crippen molar-refractivity contribution in [1.82, 2.24) is 5.32 Å². The molecule has 1 aliphatic rings. The highest BCUT2D eigenvalue weighted by molar-refractivity contribution is 5.84. The molecule has 0 unspecified atom stereocenters. The van der Waals surface area contributed by atoms with Crippen molar-refractivity contribution >= 4 is 5.91 Å². The number of hydrogen-bond acceptors (Lipinski definition) is 2. The SMILES string of the molecule is COC(C)(C)C(=O)N[C@@H](C)C1CCCCC1. The summed E-state index contributed by atoms with van der Waals surface area (Å²) in [4.78, 5) is 11.9. The average molecular weight is 227 g/mol. The fraction of sp³-hybridized carbons (Fsp3) is 0.923. The molecule has 0 aromatic carbocycles. The van der Waals surface area contributed by atoms with E-state index < -0.39 is 5.60 Å². The Kier molecular flexibility index (Phi) is 4.78. The molecule has 0 aliphatic heterocycles. The van der Waals surface area contributed by atoms with Crippen LogP contribution < -0.4 is 5.32 Å². The molecule has 0 bridgehead atoms. The first kappa shape index (κ1) is 13.5. The summed E-state index contributed by atoms with van der Waals surface area (Å²) in [5.41, 5.74) is -0.719. The minimum Gasteiger partial charge on any atom is -0.369 e. The Morgan fingerprint density at radius 3 is 2.38 bits per heavy atom. The quantitative estimate of drug-likeness (QED) is 0.801. The van der Waals surface area contributed by atoms with Gasteiger partial charge < -0.3 is 10.1 Å². The van der Waals surface area contributed by atoms with Crippen LogP contribution in [0.25, 0.3) is 0 Å². The highest BCUT2D eigenvalue weighted by Gasteiger charge is 2.30. The molecule has 1 rings (SSSR count). The van der Waals surface area contributed by atoms with Crippen LogP contribution in [0.4, 0.5) is 0 Å². The number of rotatable bonds is 4. The number of amides is 1. The van der Waals surface area contributed by atoms with Crippen LogP contribution in [0.5, 0.6) is 0 Å². The van der Waals surface area contributed by atoms with Crippen molar-refractivity contribution < 1.29 is 9.53 Å². The standard InChI is InChI=1S/C13H25NO2/c1-10(11-8-6-5-7-9-11)14-12(15)13(2,3)16-4/h10-11H,5-9H2,1-4H3,(H,14,15)/t10-/m0/s1. The predicted octanol–water partition coefficient (Wildman–Crippen LogP) is 2.50. The van der Waals surface area contributed by atoms with Crippen LogP contribution in [-0.2, 0) is 9.53 Å². The van der Waals surface area contributed by atoms with Gasteiger partial charge in [0.15, 0.2) is 0 Å². The van der Waals surface area contributed by atoms with E-state index >= 15 is 0 Å². The van der Waals surface area contributed by atoms with Crippen LogP contribution in [0.1, 0.15) is 52.9 Å². The lowest BCUT2D eigenvalue weighted by atomic mass is 9.84. The lowest BCUT2D eigenvalue weighted by Crippen LogP contribution is -2.49. The second kappa shape index (κ2) is 5.67. The highest BCUT2D eigenvalue weighted by atomic mass is 16.5. The molecule has 0 radical (unpaired) electrons. The predicted molar refractivity (Wildman–Crippen MR) is 65.3 cm³/mol. The maximum Gasteiger partial charge on any atom is 0.251 e. The van der Waals surface area contributed by atoms with Gasteiger partial charge in [-0.25, -0.2) is 0 Å². The zero-order valence-electron chi connectivity index (χ0n) is 11.0. The molecule has 16 heavy (non-hydrogen) atoms. The summed E-state index contributed by atoms with van der Waals surface area (Å²) in [6.07, 6.45) is 6.45. The van der Waals surface area contributed by atoms with Gasteiger partial charge in [-0.3, -0.25) is 4.79 Å². The molecule has 1 atom stereocenters. The van der Waals surface area contributed by atoms with Gasteiger partial charge in [0, 0.05) is 13.2 Å². The minimum absolute atomic E-state index is 0.00641. The number of hydrogen-bond donors (Lipinski definition) is 1. The van der Waals surface area contributed by atoms with Gasteiger partial charge in [0.25, 0.3) is 5.91 Å². The fourth-order valence-electron chi connectivity index (χ4n) is 2.23. The molecule has 1 N–H and O–H groups in total. The lowest BCUT2D eigenvalue weighted by molar-refractivity contribution is -0.140. The summed E-state index contributed by atoms with van der Waals surface area (Å²) in [6.45, 7) is 5.71. The first-order valence-electron chi connectivity index (χ1n) is 6.33. The molecule has 0 spiro atoms. The van der Waals surface area contributed by atoms with Gasteiger partial charge >= 0.3 is 0 Å². The molecule has 1 fully saturated rings.